The van der Waals surface area contributed by atoms with Crippen LogP contribution in [-0.4, -0.2) is 29.9 Å². The van der Waals surface area contributed by atoms with Crippen molar-refractivity contribution in [2.75, 3.05) is 14.1 Å². The Morgan fingerprint density at radius 3 is 2.71 bits per heavy atom. The third kappa shape index (κ3) is 2.88. The Kier molecular flexibility index (Phi) is 4.30. The van der Waals surface area contributed by atoms with Gasteiger partial charge in [-0.3, -0.25) is 4.79 Å². The maximum atomic E-state index is 13.9. The van der Waals surface area contributed by atoms with Crippen molar-refractivity contribution in [3.63, 3.8) is 0 Å². The molecule has 0 aromatic heterocycles. The van der Waals surface area contributed by atoms with Gasteiger partial charge in [0, 0.05) is 12.1 Å². The first-order chi connectivity index (χ1) is 11.4. The van der Waals surface area contributed by atoms with Crippen LogP contribution in [0, 0.1) is 5.82 Å². The Bertz CT molecular complexity index is 841. The first-order valence-electron chi connectivity index (χ1n) is 7.26. The number of benzene rings is 2. The van der Waals surface area contributed by atoms with Gasteiger partial charge in [-0.05, 0) is 44.4 Å². The zero-order valence-electron chi connectivity index (χ0n) is 13.1. The van der Waals surface area contributed by atoms with E-state index in [0.717, 1.165) is 0 Å². The van der Waals surface area contributed by atoms with Crippen LogP contribution in [0.2, 0.25) is 5.02 Å². The van der Waals surface area contributed by atoms with E-state index in [1.165, 1.54) is 36.4 Å². The molecule has 0 fully saturated rings. The molecule has 0 saturated carbocycles. The predicted octanol–water partition coefficient (Wildman–Crippen LogP) is 3.86. The number of fused-ring (bicyclic) bond motifs is 1. The molecule has 0 aliphatic carbocycles. The molecule has 0 radical (unpaired) electrons. The van der Waals surface area contributed by atoms with E-state index in [1.807, 2.05) is 19.0 Å². The largest absolute Gasteiger partial charge is 0.507 e. The monoisotopic (exact) mass is 347 g/mol. The SMILES string of the molecule is CN(C)Cc1c(O)ccc2c1O/C(=C/c1c(F)cccc1Cl)C2=O. The van der Waals surface area contributed by atoms with Gasteiger partial charge in [0.1, 0.15) is 17.3 Å². The molecule has 2 aromatic rings. The minimum Gasteiger partial charge on any atom is -0.507 e. The zero-order valence-corrected chi connectivity index (χ0v) is 13.9. The molecule has 24 heavy (non-hydrogen) atoms. The van der Waals surface area contributed by atoms with Crippen molar-refractivity contribution in [1.82, 2.24) is 4.90 Å². The molecule has 0 atom stereocenters. The predicted molar refractivity (Wildman–Crippen MR) is 89.8 cm³/mol. The van der Waals surface area contributed by atoms with Crippen LogP contribution >= 0.6 is 11.6 Å². The smallest absolute Gasteiger partial charge is 0.231 e. The Morgan fingerprint density at radius 1 is 1.29 bits per heavy atom. The summed E-state index contributed by atoms with van der Waals surface area (Å²) < 4.78 is 19.6. The lowest BCUT2D eigenvalue weighted by Gasteiger charge is -2.14. The summed E-state index contributed by atoms with van der Waals surface area (Å²) in [5, 5.41) is 10.2. The van der Waals surface area contributed by atoms with E-state index in [-0.39, 0.29) is 27.9 Å². The molecule has 1 aliphatic heterocycles. The second-order valence-corrected chi connectivity index (χ2v) is 6.16. The van der Waals surface area contributed by atoms with Gasteiger partial charge < -0.3 is 14.7 Å². The van der Waals surface area contributed by atoms with Crippen molar-refractivity contribution < 1.29 is 19.0 Å². The molecule has 3 rings (SSSR count). The fourth-order valence-electron chi connectivity index (χ4n) is 2.55. The number of allylic oxidation sites excluding steroid dienone is 1. The maximum absolute atomic E-state index is 13.9. The number of phenols is 1. The number of hydrogen-bond donors (Lipinski definition) is 1. The van der Waals surface area contributed by atoms with E-state index >= 15 is 0 Å². The van der Waals surface area contributed by atoms with Gasteiger partial charge in [0.25, 0.3) is 0 Å². The number of carbonyl (C=O) groups excluding carboxylic acids is 1. The van der Waals surface area contributed by atoms with Gasteiger partial charge in [0.05, 0.1) is 16.1 Å². The average Bonchev–Trinajstić information content (AvgIpc) is 2.82. The maximum Gasteiger partial charge on any atom is 0.231 e. The van der Waals surface area contributed by atoms with Crippen LogP contribution in [0.4, 0.5) is 4.39 Å². The standard InChI is InChI=1S/C18H15ClFNO3/c1-21(2)9-12-15(22)7-6-10-17(23)16(24-18(10)12)8-11-13(19)4-3-5-14(11)20/h3-8,22H,9H2,1-2H3/b16-8+. The Balaban J connectivity index is 2.07. The lowest BCUT2D eigenvalue weighted by molar-refractivity contribution is 0.101. The molecule has 4 nitrogen and oxygen atoms in total. The number of ether oxygens (including phenoxy) is 1. The highest BCUT2D eigenvalue weighted by Crippen LogP contribution is 2.40. The Hall–Kier alpha value is -2.37. The lowest BCUT2D eigenvalue weighted by Crippen LogP contribution is -2.11. The van der Waals surface area contributed by atoms with Gasteiger partial charge in [-0.25, -0.2) is 4.39 Å². The van der Waals surface area contributed by atoms with Crippen molar-refractivity contribution in [2.24, 2.45) is 0 Å². The molecule has 0 unspecified atom stereocenters. The van der Waals surface area contributed by atoms with E-state index in [9.17, 15) is 14.3 Å². The molecule has 0 bridgehead atoms. The molecule has 0 spiro atoms. The van der Waals surface area contributed by atoms with Gasteiger partial charge in [-0.2, -0.15) is 0 Å². The third-order valence-corrected chi connectivity index (χ3v) is 4.00. The van der Waals surface area contributed by atoms with Gasteiger partial charge in [0.2, 0.25) is 5.78 Å². The number of ketones is 1. The van der Waals surface area contributed by atoms with Crippen molar-refractivity contribution in [1.29, 1.82) is 0 Å². The van der Waals surface area contributed by atoms with Gasteiger partial charge in [0.15, 0.2) is 5.76 Å². The number of rotatable bonds is 3. The second kappa shape index (κ2) is 6.26. The summed E-state index contributed by atoms with van der Waals surface area (Å²) in [5.74, 6) is -0.599. The van der Waals surface area contributed by atoms with Crippen LogP contribution < -0.4 is 4.74 Å². The Labute approximate surface area is 143 Å². The van der Waals surface area contributed by atoms with E-state index in [1.54, 1.807) is 0 Å². The highest BCUT2D eigenvalue weighted by molar-refractivity contribution is 6.32. The fraction of sp³-hybridized carbons (Fsp3) is 0.167. The molecule has 6 heteroatoms. The summed E-state index contributed by atoms with van der Waals surface area (Å²) in [6.07, 6.45) is 1.29. The average molecular weight is 348 g/mol. The summed E-state index contributed by atoms with van der Waals surface area (Å²) in [4.78, 5) is 14.4. The molecular formula is C18H15ClFNO3. The fourth-order valence-corrected chi connectivity index (χ4v) is 2.76. The number of Topliss-reactive ketones (excluding diaryl/α,β-unsaturated/α-hetero) is 1. The van der Waals surface area contributed by atoms with E-state index in [0.29, 0.717) is 23.4 Å². The highest BCUT2D eigenvalue weighted by atomic mass is 35.5. The van der Waals surface area contributed by atoms with Crippen molar-refractivity contribution in [3.05, 3.63) is 63.6 Å². The summed E-state index contributed by atoms with van der Waals surface area (Å²) >= 11 is 5.99. The first-order valence-corrected chi connectivity index (χ1v) is 7.64. The third-order valence-electron chi connectivity index (χ3n) is 3.67. The topological polar surface area (TPSA) is 49.8 Å². The van der Waals surface area contributed by atoms with Crippen LogP contribution in [0.5, 0.6) is 11.5 Å². The van der Waals surface area contributed by atoms with E-state index < -0.39 is 5.82 Å². The van der Waals surface area contributed by atoms with Crippen LogP contribution in [-0.2, 0) is 6.54 Å². The number of phenolic OH excluding ortho intramolecular Hbond substituents is 1. The molecule has 1 heterocycles. The number of halogens is 2. The molecule has 1 N–H and O–H groups in total. The van der Waals surface area contributed by atoms with Crippen LogP contribution in [0.1, 0.15) is 21.5 Å². The molecule has 0 amide bonds. The molecule has 124 valence electrons. The van der Waals surface area contributed by atoms with Crippen LogP contribution in [0.15, 0.2) is 36.1 Å². The van der Waals surface area contributed by atoms with E-state index in [2.05, 4.69) is 0 Å². The molecule has 1 aliphatic rings. The van der Waals surface area contributed by atoms with Gasteiger partial charge in [-0.1, -0.05) is 17.7 Å². The summed E-state index contributed by atoms with van der Waals surface area (Å²) in [6, 6.07) is 7.23. The van der Waals surface area contributed by atoms with Crippen LogP contribution in [0.3, 0.4) is 0 Å². The summed E-state index contributed by atoms with van der Waals surface area (Å²) in [5.41, 5.74) is 0.936. The summed E-state index contributed by atoms with van der Waals surface area (Å²) in [6.45, 7) is 0.399. The minimum atomic E-state index is -0.543. The highest BCUT2D eigenvalue weighted by Gasteiger charge is 2.31. The number of hydrogen-bond acceptors (Lipinski definition) is 4. The normalized spacial score (nSPS) is 15.0. The zero-order chi connectivity index (χ0) is 17.4. The summed E-state index contributed by atoms with van der Waals surface area (Å²) in [7, 11) is 3.68. The minimum absolute atomic E-state index is 0.0254. The number of aromatic hydroxyl groups is 1. The van der Waals surface area contributed by atoms with Crippen LogP contribution in [0.25, 0.3) is 6.08 Å². The van der Waals surface area contributed by atoms with Crippen molar-refractivity contribution in [3.8, 4) is 11.5 Å². The van der Waals surface area contributed by atoms with Crippen molar-refractivity contribution >= 4 is 23.5 Å². The van der Waals surface area contributed by atoms with Gasteiger partial charge in [-0.15, -0.1) is 0 Å². The van der Waals surface area contributed by atoms with E-state index in [4.69, 9.17) is 16.3 Å². The first kappa shape index (κ1) is 16.5. The van der Waals surface area contributed by atoms with Crippen molar-refractivity contribution in [2.45, 2.75) is 6.54 Å². The van der Waals surface area contributed by atoms with Gasteiger partial charge >= 0.3 is 0 Å². The quantitative estimate of drug-likeness (QED) is 0.856. The lowest BCUT2D eigenvalue weighted by atomic mass is 10.0. The molecular weight excluding hydrogens is 333 g/mol. The molecule has 0 saturated heterocycles. The number of carbonyl (C=O) groups is 1. The second-order valence-electron chi connectivity index (χ2n) is 5.75. The number of nitrogens with zero attached hydrogens (tertiary/aromatic N) is 1. The molecule has 2 aromatic carbocycles. The Morgan fingerprint density at radius 2 is 2.04 bits per heavy atom.